The van der Waals surface area contributed by atoms with E-state index < -0.39 is 0 Å². The summed E-state index contributed by atoms with van der Waals surface area (Å²) in [5.41, 5.74) is 7.31. The number of nitrogens with zero attached hydrogens (tertiary/aromatic N) is 1. The summed E-state index contributed by atoms with van der Waals surface area (Å²) in [5.74, 6) is 0. The molecule has 0 amide bonds. The molecule has 1 atom stereocenters. The van der Waals surface area contributed by atoms with Crippen LogP contribution >= 0.6 is 0 Å². The van der Waals surface area contributed by atoms with Gasteiger partial charge in [0.15, 0.2) is 0 Å². The number of nitrogens with two attached hydrogens (primary N) is 1. The van der Waals surface area contributed by atoms with Gasteiger partial charge in [0.05, 0.1) is 6.61 Å². The zero-order valence-electron chi connectivity index (χ0n) is 10.9. The summed E-state index contributed by atoms with van der Waals surface area (Å²) in [6, 6.07) is 10.7. The van der Waals surface area contributed by atoms with Gasteiger partial charge in [-0.05, 0) is 32.0 Å². The molecular formula is C14H24N2O. The van der Waals surface area contributed by atoms with Crippen LogP contribution in [0.3, 0.4) is 0 Å². The summed E-state index contributed by atoms with van der Waals surface area (Å²) < 4.78 is 5.03. The minimum atomic E-state index is 0.113. The predicted octanol–water partition coefficient (Wildman–Crippen LogP) is 1.52. The first-order chi connectivity index (χ1) is 8.22. The van der Waals surface area contributed by atoms with Crippen LogP contribution < -0.4 is 5.73 Å². The van der Waals surface area contributed by atoms with Crippen molar-refractivity contribution >= 4 is 0 Å². The second-order valence-corrected chi connectivity index (χ2v) is 4.57. The zero-order chi connectivity index (χ0) is 12.5. The van der Waals surface area contributed by atoms with Crippen molar-refractivity contribution in [3.8, 4) is 0 Å². The van der Waals surface area contributed by atoms with Crippen LogP contribution in [0.4, 0.5) is 0 Å². The molecule has 2 N–H and O–H groups in total. The lowest BCUT2D eigenvalue weighted by Gasteiger charge is -2.20. The molecule has 0 saturated carbocycles. The van der Waals surface area contributed by atoms with E-state index in [9.17, 15) is 0 Å². The average Bonchev–Trinajstić information content (AvgIpc) is 2.30. The van der Waals surface area contributed by atoms with Gasteiger partial charge in [-0.15, -0.1) is 0 Å². The number of methoxy groups -OCH3 is 1. The van der Waals surface area contributed by atoms with Crippen LogP contribution in [-0.4, -0.2) is 44.8 Å². The monoisotopic (exact) mass is 236 g/mol. The van der Waals surface area contributed by atoms with E-state index in [2.05, 4.69) is 42.3 Å². The smallest absolute Gasteiger partial charge is 0.0626 e. The van der Waals surface area contributed by atoms with Gasteiger partial charge in [-0.3, -0.25) is 0 Å². The molecule has 0 aliphatic carbocycles. The molecule has 1 aromatic carbocycles. The third-order valence-electron chi connectivity index (χ3n) is 2.78. The van der Waals surface area contributed by atoms with Crippen molar-refractivity contribution in [3.05, 3.63) is 35.9 Å². The molecule has 0 bridgehead atoms. The van der Waals surface area contributed by atoms with E-state index in [1.807, 2.05) is 0 Å². The Hall–Kier alpha value is -0.900. The molecule has 1 unspecified atom stereocenters. The number of rotatable bonds is 8. The first-order valence-electron chi connectivity index (χ1n) is 6.19. The van der Waals surface area contributed by atoms with Crippen molar-refractivity contribution in [2.24, 2.45) is 5.73 Å². The minimum Gasteiger partial charge on any atom is -0.383 e. The molecule has 0 heterocycles. The lowest BCUT2D eigenvalue weighted by molar-refractivity contribution is 0.161. The Morgan fingerprint density at radius 3 is 2.65 bits per heavy atom. The van der Waals surface area contributed by atoms with E-state index in [4.69, 9.17) is 10.5 Å². The first-order valence-corrected chi connectivity index (χ1v) is 6.19. The maximum absolute atomic E-state index is 5.90. The molecule has 17 heavy (non-hydrogen) atoms. The number of aryl methyl sites for hydroxylation is 1. The number of likely N-dealkylation sites (N-methyl/N-ethyl adjacent to an activating group) is 1. The molecule has 0 spiro atoms. The van der Waals surface area contributed by atoms with Gasteiger partial charge in [-0.1, -0.05) is 30.3 Å². The third-order valence-corrected chi connectivity index (χ3v) is 2.78. The van der Waals surface area contributed by atoms with E-state index in [-0.39, 0.29) is 6.04 Å². The zero-order valence-corrected chi connectivity index (χ0v) is 10.9. The summed E-state index contributed by atoms with van der Waals surface area (Å²) in [4.78, 5) is 2.27. The number of ether oxygens (including phenoxy) is 1. The second-order valence-electron chi connectivity index (χ2n) is 4.57. The maximum Gasteiger partial charge on any atom is 0.0626 e. The van der Waals surface area contributed by atoms with E-state index in [0.29, 0.717) is 6.61 Å². The largest absolute Gasteiger partial charge is 0.383 e. The molecule has 0 aromatic heterocycles. The van der Waals surface area contributed by atoms with Crippen LogP contribution in [0, 0.1) is 0 Å². The van der Waals surface area contributed by atoms with Gasteiger partial charge >= 0.3 is 0 Å². The quantitative estimate of drug-likeness (QED) is 0.744. The van der Waals surface area contributed by atoms with Crippen LogP contribution in [0.25, 0.3) is 0 Å². The Morgan fingerprint density at radius 1 is 1.29 bits per heavy atom. The van der Waals surface area contributed by atoms with Crippen molar-refractivity contribution < 1.29 is 4.74 Å². The molecule has 0 fully saturated rings. The fourth-order valence-corrected chi connectivity index (χ4v) is 1.96. The summed E-state index contributed by atoms with van der Waals surface area (Å²) in [7, 11) is 3.80. The Morgan fingerprint density at radius 2 is 2.00 bits per heavy atom. The van der Waals surface area contributed by atoms with Gasteiger partial charge in [0.2, 0.25) is 0 Å². The Labute approximate surface area is 105 Å². The fourth-order valence-electron chi connectivity index (χ4n) is 1.96. The Bertz CT molecular complexity index is 290. The number of benzene rings is 1. The molecule has 0 saturated heterocycles. The summed E-state index contributed by atoms with van der Waals surface area (Å²) in [6.07, 6.45) is 2.30. The van der Waals surface area contributed by atoms with Gasteiger partial charge in [0.25, 0.3) is 0 Å². The van der Waals surface area contributed by atoms with Gasteiger partial charge in [0.1, 0.15) is 0 Å². The number of hydrogen-bond donors (Lipinski definition) is 1. The second kappa shape index (κ2) is 8.23. The highest BCUT2D eigenvalue weighted by molar-refractivity contribution is 5.14. The lowest BCUT2D eigenvalue weighted by Crippen LogP contribution is -2.38. The van der Waals surface area contributed by atoms with E-state index in [1.165, 1.54) is 12.0 Å². The fraction of sp³-hybridized carbons (Fsp3) is 0.571. The van der Waals surface area contributed by atoms with Crippen molar-refractivity contribution in [3.63, 3.8) is 0 Å². The highest BCUT2D eigenvalue weighted by Gasteiger charge is 2.05. The van der Waals surface area contributed by atoms with E-state index in [1.54, 1.807) is 7.11 Å². The van der Waals surface area contributed by atoms with Crippen LogP contribution in [0.1, 0.15) is 12.0 Å². The molecule has 1 rings (SSSR count). The normalized spacial score (nSPS) is 12.9. The molecular weight excluding hydrogens is 212 g/mol. The van der Waals surface area contributed by atoms with Crippen LogP contribution in [0.2, 0.25) is 0 Å². The lowest BCUT2D eigenvalue weighted by atomic mass is 10.1. The van der Waals surface area contributed by atoms with E-state index >= 15 is 0 Å². The third kappa shape index (κ3) is 6.41. The highest BCUT2D eigenvalue weighted by Crippen LogP contribution is 2.03. The highest BCUT2D eigenvalue weighted by atomic mass is 16.5. The number of hydrogen-bond acceptors (Lipinski definition) is 3. The Balaban J connectivity index is 2.14. The molecule has 1 aromatic rings. The van der Waals surface area contributed by atoms with Crippen LogP contribution in [0.15, 0.2) is 30.3 Å². The first kappa shape index (κ1) is 14.2. The van der Waals surface area contributed by atoms with Crippen molar-refractivity contribution in [2.75, 3.05) is 33.9 Å². The topological polar surface area (TPSA) is 38.5 Å². The maximum atomic E-state index is 5.90. The van der Waals surface area contributed by atoms with Gasteiger partial charge < -0.3 is 15.4 Å². The SMILES string of the molecule is COCC(N)CN(C)CCCc1ccccc1. The predicted molar refractivity (Wildman–Crippen MR) is 72.1 cm³/mol. The molecule has 96 valence electrons. The van der Waals surface area contributed by atoms with E-state index in [0.717, 1.165) is 19.5 Å². The van der Waals surface area contributed by atoms with Crippen molar-refractivity contribution in [2.45, 2.75) is 18.9 Å². The molecule has 0 aliphatic rings. The van der Waals surface area contributed by atoms with Gasteiger partial charge in [-0.25, -0.2) is 0 Å². The Kier molecular flexibility index (Phi) is 6.86. The summed E-state index contributed by atoms with van der Waals surface area (Å²) in [5, 5.41) is 0. The van der Waals surface area contributed by atoms with Crippen molar-refractivity contribution in [1.82, 2.24) is 4.90 Å². The summed E-state index contributed by atoms with van der Waals surface area (Å²) in [6.45, 7) is 2.60. The standard InChI is InChI=1S/C14H24N2O/c1-16(11-14(15)12-17-2)10-6-9-13-7-4-3-5-8-13/h3-5,7-8,14H,6,9-12,15H2,1-2H3. The minimum absolute atomic E-state index is 0.113. The van der Waals surface area contributed by atoms with Crippen molar-refractivity contribution in [1.29, 1.82) is 0 Å². The molecule has 0 radical (unpaired) electrons. The molecule has 3 heteroatoms. The van der Waals surface area contributed by atoms with Gasteiger partial charge in [0, 0.05) is 19.7 Å². The average molecular weight is 236 g/mol. The van der Waals surface area contributed by atoms with Crippen LogP contribution in [0.5, 0.6) is 0 Å². The molecule has 0 aliphatic heterocycles. The summed E-state index contributed by atoms with van der Waals surface area (Å²) >= 11 is 0. The van der Waals surface area contributed by atoms with Gasteiger partial charge in [-0.2, -0.15) is 0 Å². The molecule has 3 nitrogen and oxygen atoms in total. The van der Waals surface area contributed by atoms with Crippen LogP contribution in [-0.2, 0) is 11.2 Å².